The Morgan fingerprint density at radius 1 is 1.35 bits per heavy atom. The molecule has 0 radical (unpaired) electrons. The zero-order valence-corrected chi connectivity index (χ0v) is 12.6. The number of hydrogen-bond acceptors (Lipinski definition) is 2. The Morgan fingerprint density at radius 3 is 2.45 bits per heavy atom. The molecule has 0 spiro atoms. The van der Waals surface area contributed by atoms with Gasteiger partial charge >= 0.3 is 6.18 Å². The maximum atomic E-state index is 12.1. The van der Waals surface area contributed by atoms with E-state index < -0.39 is 34.4 Å². The fraction of sp³-hybridized carbons (Fsp3) is 0.500. The summed E-state index contributed by atoms with van der Waals surface area (Å²) in [6, 6.07) is 5.96. The van der Waals surface area contributed by atoms with Crippen molar-refractivity contribution in [2.75, 3.05) is 12.8 Å². The molecular weight excluding hydrogens is 315 g/mol. The summed E-state index contributed by atoms with van der Waals surface area (Å²) in [5, 5.41) is 0.440. The van der Waals surface area contributed by atoms with Crippen LogP contribution in [0.25, 0.3) is 0 Å². The Bertz CT molecular complexity index is 560. The van der Waals surface area contributed by atoms with E-state index in [4.69, 9.17) is 11.6 Å². The first-order valence-electron chi connectivity index (χ1n) is 5.81. The van der Waals surface area contributed by atoms with E-state index in [-0.39, 0.29) is 0 Å². The van der Waals surface area contributed by atoms with Crippen molar-refractivity contribution in [2.24, 2.45) is 0 Å². The van der Waals surface area contributed by atoms with Crippen molar-refractivity contribution in [3.63, 3.8) is 0 Å². The molecule has 3 nitrogen and oxygen atoms in total. The van der Waals surface area contributed by atoms with Crippen LogP contribution in [0.4, 0.5) is 13.2 Å². The minimum atomic E-state index is -4.49. The van der Waals surface area contributed by atoms with E-state index in [1.807, 2.05) is 0 Å². The van der Waals surface area contributed by atoms with Crippen LogP contribution in [-0.4, -0.2) is 31.7 Å². The SMILES string of the molecule is C[C@@H](c1cccc(Cl)c1)N(C)S(=O)(=O)CCC(F)(F)F. The van der Waals surface area contributed by atoms with E-state index >= 15 is 0 Å². The summed E-state index contributed by atoms with van der Waals surface area (Å²) >= 11 is 5.81. The molecular formula is C12H15ClF3NO2S. The highest BCUT2D eigenvalue weighted by Gasteiger charge is 2.32. The molecule has 0 aliphatic heterocycles. The minimum Gasteiger partial charge on any atom is -0.212 e. The first-order valence-corrected chi connectivity index (χ1v) is 7.79. The van der Waals surface area contributed by atoms with E-state index in [2.05, 4.69) is 0 Å². The lowest BCUT2D eigenvalue weighted by atomic mass is 10.1. The van der Waals surface area contributed by atoms with Crippen molar-refractivity contribution in [2.45, 2.75) is 25.6 Å². The fourth-order valence-electron chi connectivity index (χ4n) is 1.61. The topological polar surface area (TPSA) is 37.4 Å². The van der Waals surface area contributed by atoms with E-state index in [1.165, 1.54) is 7.05 Å². The summed E-state index contributed by atoms with van der Waals surface area (Å²) in [4.78, 5) is 0. The van der Waals surface area contributed by atoms with Crippen molar-refractivity contribution in [1.82, 2.24) is 4.31 Å². The van der Waals surface area contributed by atoms with Gasteiger partial charge in [-0.05, 0) is 24.6 Å². The molecule has 0 bridgehead atoms. The molecule has 0 saturated heterocycles. The van der Waals surface area contributed by atoms with Crippen LogP contribution in [0, 0.1) is 0 Å². The average molecular weight is 330 g/mol. The molecule has 114 valence electrons. The maximum Gasteiger partial charge on any atom is 0.390 e. The van der Waals surface area contributed by atoms with Crippen molar-refractivity contribution >= 4 is 21.6 Å². The van der Waals surface area contributed by atoms with Crippen LogP contribution in [0.5, 0.6) is 0 Å². The second kappa shape index (κ2) is 6.32. The number of sulfonamides is 1. The number of rotatable bonds is 5. The molecule has 0 amide bonds. The second-order valence-electron chi connectivity index (χ2n) is 4.43. The summed E-state index contributed by atoms with van der Waals surface area (Å²) < 4.78 is 61.1. The molecule has 0 heterocycles. The van der Waals surface area contributed by atoms with Crippen molar-refractivity contribution < 1.29 is 21.6 Å². The monoisotopic (exact) mass is 329 g/mol. The van der Waals surface area contributed by atoms with Gasteiger partial charge in [0.25, 0.3) is 0 Å². The predicted octanol–water partition coefficient (Wildman–Crippen LogP) is 3.62. The second-order valence-corrected chi connectivity index (χ2v) is 7.01. The lowest BCUT2D eigenvalue weighted by Gasteiger charge is -2.25. The van der Waals surface area contributed by atoms with E-state index in [0.717, 1.165) is 4.31 Å². The molecule has 0 aliphatic carbocycles. The Morgan fingerprint density at radius 2 is 1.95 bits per heavy atom. The number of benzene rings is 1. The summed E-state index contributed by atoms with van der Waals surface area (Å²) in [6.45, 7) is 1.59. The Hall–Kier alpha value is -0.790. The van der Waals surface area contributed by atoms with Crippen LogP contribution < -0.4 is 0 Å². The highest BCUT2D eigenvalue weighted by atomic mass is 35.5. The summed E-state index contributed by atoms with van der Waals surface area (Å²) in [7, 11) is -2.72. The molecule has 1 atom stereocenters. The molecule has 0 fully saturated rings. The van der Waals surface area contributed by atoms with Gasteiger partial charge in [0, 0.05) is 18.1 Å². The molecule has 20 heavy (non-hydrogen) atoms. The van der Waals surface area contributed by atoms with Crippen LogP contribution in [0.15, 0.2) is 24.3 Å². The first-order chi connectivity index (χ1) is 9.03. The molecule has 1 rings (SSSR count). The van der Waals surface area contributed by atoms with E-state index in [9.17, 15) is 21.6 Å². The normalized spacial score (nSPS) is 14.6. The van der Waals surface area contributed by atoms with Crippen molar-refractivity contribution in [1.29, 1.82) is 0 Å². The molecule has 0 saturated carbocycles. The number of halogens is 4. The molecule has 0 unspecified atom stereocenters. The molecule has 1 aromatic carbocycles. The standard InChI is InChI=1S/C12H15ClF3NO2S/c1-9(10-4-3-5-11(13)8-10)17(2)20(18,19)7-6-12(14,15)16/h3-5,8-9H,6-7H2,1-2H3/t9-/m0/s1. The van der Waals surface area contributed by atoms with Gasteiger partial charge in [-0.3, -0.25) is 0 Å². The molecule has 0 N–H and O–H groups in total. The van der Waals surface area contributed by atoms with Crippen LogP contribution in [-0.2, 0) is 10.0 Å². The zero-order valence-electron chi connectivity index (χ0n) is 11.0. The molecule has 0 aromatic heterocycles. The zero-order chi connectivity index (χ0) is 15.6. The van der Waals surface area contributed by atoms with Gasteiger partial charge in [0.1, 0.15) is 0 Å². The third kappa shape index (κ3) is 4.96. The van der Waals surface area contributed by atoms with Gasteiger partial charge in [0.15, 0.2) is 0 Å². The summed E-state index contributed by atoms with van der Waals surface area (Å²) in [6.07, 6.45) is -5.85. The number of alkyl halides is 3. The Balaban J connectivity index is 2.85. The smallest absolute Gasteiger partial charge is 0.212 e. The van der Waals surface area contributed by atoms with Crippen LogP contribution in [0.1, 0.15) is 24.9 Å². The molecule has 0 aliphatic rings. The van der Waals surface area contributed by atoms with Gasteiger partial charge in [0.2, 0.25) is 10.0 Å². The number of hydrogen-bond donors (Lipinski definition) is 0. The predicted molar refractivity (Wildman–Crippen MR) is 72.1 cm³/mol. The average Bonchev–Trinajstić information content (AvgIpc) is 2.34. The molecule has 8 heteroatoms. The Labute approximate surface area is 121 Å². The Kier molecular flexibility index (Phi) is 5.46. The van der Waals surface area contributed by atoms with E-state index in [0.29, 0.717) is 10.6 Å². The largest absolute Gasteiger partial charge is 0.390 e. The van der Waals surface area contributed by atoms with Crippen LogP contribution >= 0.6 is 11.6 Å². The summed E-state index contributed by atoms with van der Waals surface area (Å²) in [5.41, 5.74) is 0.621. The van der Waals surface area contributed by atoms with E-state index in [1.54, 1.807) is 31.2 Å². The third-order valence-corrected chi connectivity index (χ3v) is 5.11. The lowest BCUT2D eigenvalue weighted by Crippen LogP contribution is -2.33. The van der Waals surface area contributed by atoms with Gasteiger partial charge in [0.05, 0.1) is 12.2 Å². The third-order valence-electron chi connectivity index (χ3n) is 2.96. The van der Waals surface area contributed by atoms with Crippen molar-refractivity contribution in [3.05, 3.63) is 34.9 Å². The lowest BCUT2D eigenvalue weighted by molar-refractivity contribution is -0.130. The van der Waals surface area contributed by atoms with Gasteiger partial charge in [-0.15, -0.1) is 0 Å². The van der Waals surface area contributed by atoms with Gasteiger partial charge in [-0.2, -0.15) is 17.5 Å². The van der Waals surface area contributed by atoms with Crippen molar-refractivity contribution in [3.8, 4) is 0 Å². The fourth-order valence-corrected chi connectivity index (χ4v) is 3.19. The van der Waals surface area contributed by atoms with Gasteiger partial charge < -0.3 is 0 Å². The maximum absolute atomic E-state index is 12.1. The first kappa shape index (κ1) is 17.3. The minimum absolute atomic E-state index is 0.440. The van der Waals surface area contributed by atoms with Gasteiger partial charge in [-0.25, -0.2) is 8.42 Å². The number of nitrogens with zero attached hydrogens (tertiary/aromatic N) is 1. The highest BCUT2D eigenvalue weighted by Crippen LogP contribution is 2.26. The quantitative estimate of drug-likeness (QED) is 0.827. The van der Waals surface area contributed by atoms with Crippen LogP contribution in [0.3, 0.4) is 0 Å². The molecule has 1 aromatic rings. The van der Waals surface area contributed by atoms with Gasteiger partial charge in [-0.1, -0.05) is 23.7 Å². The summed E-state index contributed by atoms with van der Waals surface area (Å²) in [5.74, 6) is -0.960. The van der Waals surface area contributed by atoms with Crippen LogP contribution in [0.2, 0.25) is 5.02 Å². The highest BCUT2D eigenvalue weighted by molar-refractivity contribution is 7.89.